The standard InChI is InChI=1S/C21H29N3O6/c1-21(2,3)30-19(25)23-8-6-22(7-9-23)13-16-14-24(20(26)29-16)15-4-5-17-18(12-15)28-11-10-27-17/h4-5,12,16H,6-11,13-14H2,1-3H3/t16-/m1/s1. The van der Waals surface area contributed by atoms with Crippen molar-refractivity contribution in [3.05, 3.63) is 18.2 Å². The van der Waals surface area contributed by atoms with Crippen molar-refractivity contribution >= 4 is 17.9 Å². The van der Waals surface area contributed by atoms with Crippen LogP contribution in [0.5, 0.6) is 11.5 Å². The van der Waals surface area contributed by atoms with Crippen molar-refractivity contribution in [2.24, 2.45) is 0 Å². The predicted molar refractivity (Wildman–Crippen MR) is 109 cm³/mol. The van der Waals surface area contributed by atoms with E-state index in [1.165, 1.54) is 0 Å². The number of fused-ring (bicyclic) bond motifs is 1. The molecule has 3 aliphatic heterocycles. The number of ether oxygens (including phenoxy) is 4. The molecule has 1 aromatic carbocycles. The fourth-order valence-corrected chi connectivity index (χ4v) is 3.75. The van der Waals surface area contributed by atoms with Gasteiger partial charge in [-0.1, -0.05) is 0 Å². The summed E-state index contributed by atoms with van der Waals surface area (Å²) in [6.45, 7) is 10.4. The van der Waals surface area contributed by atoms with Gasteiger partial charge in [0.2, 0.25) is 0 Å². The molecule has 3 heterocycles. The molecular formula is C21H29N3O6. The summed E-state index contributed by atoms with van der Waals surface area (Å²) in [5.74, 6) is 1.34. The van der Waals surface area contributed by atoms with Crippen LogP contribution in [0.4, 0.5) is 15.3 Å². The summed E-state index contributed by atoms with van der Waals surface area (Å²) in [7, 11) is 0. The van der Waals surface area contributed by atoms with Crippen LogP contribution in [0.2, 0.25) is 0 Å². The van der Waals surface area contributed by atoms with Gasteiger partial charge in [0.25, 0.3) is 0 Å². The number of cyclic esters (lactones) is 1. The van der Waals surface area contributed by atoms with Gasteiger partial charge in [-0.2, -0.15) is 0 Å². The van der Waals surface area contributed by atoms with Gasteiger partial charge in [-0.05, 0) is 32.9 Å². The third kappa shape index (κ3) is 4.72. The molecule has 0 N–H and O–H groups in total. The third-order valence-corrected chi connectivity index (χ3v) is 5.20. The molecule has 0 bridgehead atoms. The highest BCUT2D eigenvalue weighted by atomic mass is 16.6. The normalized spacial score (nSPS) is 22.1. The van der Waals surface area contributed by atoms with E-state index in [9.17, 15) is 9.59 Å². The Morgan fingerprint density at radius 2 is 1.80 bits per heavy atom. The lowest BCUT2D eigenvalue weighted by atomic mass is 10.2. The maximum Gasteiger partial charge on any atom is 0.414 e. The Labute approximate surface area is 176 Å². The first kappa shape index (κ1) is 20.6. The number of carbonyl (C=O) groups is 2. The molecule has 9 heteroatoms. The quantitative estimate of drug-likeness (QED) is 0.744. The molecule has 30 heavy (non-hydrogen) atoms. The molecule has 0 aliphatic carbocycles. The molecule has 3 aliphatic rings. The maximum absolute atomic E-state index is 12.4. The average Bonchev–Trinajstić information content (AvgIpc) is 3.07. The summed E-state index contributed by atoms with van der Waals surface area (Å²) < 4.78 is 22.2. The number of rotatable bonds is 3. The van der Waals surface area contributed by atoms with Gasteiger partial charge >= 0.3 is 12.2 Å². The Morgan fingerprint density at radius 3 is 2.50 bits per heavy atom. The minimum atomic E-state index is -0.496. The molecule has 2 fully saturated rings. The van der Waals surface area contributed by atoms with Crippen LogP contribution in [0.3, 0.4) is 0 Å². The van der Waals surface area contributed by atoms with E-state index in [-0.39, 0.29) is 18.3 Å². The van der Waals surface area contributed by atoms with Gasteiger partial charge in [0.15, 0.2) is 11.5 Å². The van der Waals surface area contributed by atoms with E-state index in [4.69, 9.17) is 18.9 Å². The molecule has 164 valence electrons. The van der Waals surface area contributed by atoms with E-state index in [0.717, 1.165) is 18.8 Å². The van der Waals surface area contributed by atoms with Crippen LogP contribution in [-0.4, -0.2) is 86.2 Å². The van der Waals surface area contributed by atoms with Crippen LogP contribution in [-0.2, 0) is 9.47 Å². The lowest BCUT2D eigenvalue weighted by molar-refractivity contribution is 0.0113. The molecule has 0 radical (unpaired) electrons. The second kappa shape index (κ2) is 8.22. The summed E-state index contributed by atoms with van der Waals surface area (Å²) in [6.07, 6.45) is -0.859. The van der Waals surface area contributed by atoms with Crippen molar-refractivity contribution in [1.82, 2.24) is 9.80 Å². The highest BCUT2D eigenvalue weighted by Gasteiger charge is 2.35. The lowest BCUT2D eigenvalue weighted by Gasteiger charge is -2.36. The van der Waals surface area contributed by atoms with Crippen molar-refractivity contribution in [3.8, 4) is 11.5 Å². The van der Waals surface area contributed by atoms with E-state index in [0.29, 0.717) is 50.9 Å². The number of piperazine rings is 1. The number of amides is 2. The summed E-state index contributed by atoms with van der Waals surface area (Å²) in [5, 5.41) is 0. The minimum absolute atomic E-state index is 0.223. The number of benzene rings is 1. The second-order valence-corrected chi connectivity index (χ2v) is 8.71. The van der Waals surface area contributed by atoms with Gasteiger partial charge in [0.1, 0.15) is 24.9 Å². The zero-order valence-electron chi connectivity index (χ0n) is 17.8. The minimum Gasteiger partial charge on any atom is -0.486 e. The first-order valence-electron chi connectivity index (χ1n) is 10.4. The molecule has 1 aromatic rings. The van der Waals surface area contributed by atoms with E-state index < -0.39 is 5.60 Å². The Morgan fingerprint density at radius 1 is 1.10 bits per heavy atom. The molecule has 1 atom stereocenters. The highest BCUT2D eigenvalue weighted by Crippen LogP contribution is 2.35. The van der Waals surface area contributed by atoms with Crippen LogP contribution < -0.4 is 14.4 Å². The van der Waals surface area contributed by atoms with Crippen LogP contribution in [0.15, 0.2) is 18.2 Å². The molecule has 0 saturated carbocycles. The van der Waals surface area contributed by atoms with Crippen LogP contribution in [0, 0.1) is 0 Å². The van der Waals surface area contributed by atoms with Gasteiger partial charge < -0.3 is 23.8 Å². The summed E-state index contributed by atoms with van der Waals surface area (Å²) in [5.41, 5.74) is 0.241. The molecule has 2 saturated heterocycles. The molecule has 2 amide bonds. The third-order valence-electron chi connectivity index (χ3n) is 5.20. The van der Waals surface area contributed by atoms with Gasteiger partial charge in [-0.25, -0.2) is 9.59 Å². The van der Waals surface area contributed by atoms with Crippen molar-refractivity contribution in [1.29, 1.82) is 0 Å². The summed E-state index contributed by atoms with van der Waals surface area (Å²) >= 11 is 0. The molecule has 4 rings (SSSR count). The summed E-state index contributed by atoms with van der Waals surface area (Å²) in [6, 6.07) is 5.48. The zero-order valence-corrected chi connectivity index (χ0v) is 17.8. The van der Waals surface area contributed by atoms with Gasteiger partial charge in [-0.15, -0.1) is 0 Å². The number of hydrogen-bond donors (Lipinski definition) is 0. The number of anilines is 1. The Hall–Kier alpha value is -2.68. The topological polar surface area (TPSA) is 80.8 Å². The van der Waals surface area contributed by atoms with Crippen molar-refractivity contribution in [3.63, 3.8) is 0 Å². The van der Waals surface area contributed by atoms with Crippen LogP contribution >= 0.6 is 0 Å². The van der Waals surface area contributed by atoms with Gasteiger partial charge in [0.05, 0.1) is 12.2 Å². The second-order valence-electron chi connectivity index (χ2n) is 8.71. The summed E-state index contributed by atoms with van der Waals surface area (Å²) in [4.78, 5) is 30.2. The first-order valence-corrected chi connectivity index (χ1v) is 10.4. The first-order chi connectivity index (χ1) is 14.3. The zero-order chi connectivity index (χ0) is 21.3. The Balaban J connectivity index is 1.29. The van der Waals surface area contributed by atoms with Crippen molar-refractivity contribution < 1.29 is 28.5 Å². The largest absolute Gasteiger partial charge is 0.486 e. The van der Waals surface area contributed by atoms with Crippen LogP contribution in [0.1, 0.15) is 20.8 Å². The van der Waals surface area contributed by atoms with E-state index >= 15 is 0 Å². The monoisotopic (exact) mass is 419 g/mol. The molecule has 0 unspecified atom stereocenters. The van der Waals surface area contributed by atoms with Crippen molar-refractivity contribution in [2.75, 3.05) is 57.4 Å². The maximum atomic E-state index is 12.4. The average molecular weight is 419 g/mol. The fourth-order valence-electron chi connectivity index (χ4n) is 3.75. The van der Waals surface area contributed by atoms with E-state index in [1.54, 1.807) is 9.80 Å². The number of hydrogen-bond acceptors (Lipinski definition) is 7. The smallest absolute Gasteiger partial charge is 0.414 e. The molecular weight excluding hydrogens is 390 g/mol. The van der Waals surface area contributed by atoms with Crippen molar-refractivity contribution in [2.45, 2.75) is 32.5 Å². The Kier molecular flexibility index (Phi) is 5.64. The lowest BCUT2D eigenvalue weighted by Crippen LogP contribution is -2.51. The molecule has 9 nitrogen and oxygen atoms in total. The highest BCUT2D eigenvalue weighted by molar-refractivity contribution is 5.90. The van der Waals surface area contributed by atoms with E-state index in [1.807, 2.05) is 39.0 Å². The molecule has 0 aromatic heterocycles. The van der Waals surface area contributed by atoms with Gasteiger partial charge in [0, 0.05) is 38.8 Å². The number of carbonyl (C=O) groups excluding carboxylic acids is 2. The number of nitrogens with zero attached hydrogens (tertiary/aromatic N) is 3. The predicted octanol–water partition coefficient (Wildman–Crippen LogP) is 2.34. The van der Waals surface area contributed by atoms with Crippen LogP contribution in [0.25, 0.3) is 0 Å². The van der Waals surface area contributed by atoms with Gasteiger partial charge in [-0.3, -0.25) is 9.80 Å². The SMILES string of the molecule is CC(C)(C)OC(=O)N1CCN(C[C@@H]2CN(c3ccc4c(c3)OCCO4)C(=O)O2)CC1. The van der Waals surface area contributed by atoms with E-state index in [2.05, 4.69) is 4.90 Å². The fraction of sp³-hybridized carbons (Fsp3) is 0.619. The Bertz CT molecular complexity index is 800. The molecule has 0 spiro atoms.